The Morgan fingerprint density at radius 1 is 0.957 bits per heavy atom. The molecule has 0 saturated heterocycles. The Hall–Kier alpha value is -1.64. The van der Waals surface area contributed by atoms with Crippen molar-refractivity contribution in [3.05, 3.63) is 66.7 Å². The van der Waals surface area contributed by atoms with Gasteiger partial charge in [0, 0.05) is 5.60 Å². The van der Waals surface area contributed by atoms with Crippen LogP contribution in [0.5, 0.6) is 0 Å². The number of hydrogen-bond donors (Lipinski definition) is 0. The fraction of sp³-hybridized carbons (Fsp3) is 0.333. The van der Waals surface area contributed by atoms with E-state index in [4.69, 9.17) is 4.43 Å². The molecule has 0 spiro atoms. The molecule has 2 rings (SSSR count). The van der Waals surface area contributed by atoms with E-state index < -0.39 is 8.32 Å². The first-order chi connectivity index (χ1) is 10.8. The topological polar surface area (TPSA) is 9.23 Å². The predicted octanol–water partition coefficient (Wildman–Crippen LogP) is 4.61. The van der Waals surface area contributed by atoms with E-state index in [0.717, 1.165) is 11.6 Å². The molecule has 0 aliphatic heterocycles. The molecular weight excluding hydrogens is 296 g/mol. The Labute approximate surface area is 142 Å². The second-order valence-electron chi connectivity index (χ2n) is 7.12. The molecule has 122 valence electrons. The van der Waals surface area contributed by atoms with Crippen LogP contribution in [0, 0.1) is 0 Å². The Morgan fingerprint density at radius 3 is 1.91 bits per heavy atom. The smallest absolute Gasteiger partial charge is 0.256 e. The highest BCUT2D eigenvalue weighted by Gasteiger charge is 2.41. The molecule has 2 heteroatoms. The molecular formula is C21H28OSi. The Kier molecular flexibility index (Phi) is 5.28. The van der Waals surface area contributed by atoms with Gasteiger partial charge in [-0.2, -0.15) is 0 Å². The van der Waals surface area contributed by atoms with Gasteiger partial charge in [-0.3, -0.25) is 0 Å². The van der Waals surface area contributed by atoms with Crippen LogP contribution in [0.3, 0.4) is 0 Å². The molecule has 2 aromatic rings. The van der Waals surface area contributed by atoms with Gasteiger partial charge < -0.3 is 4.43 Å². The summed E-state index contributed by atoms with van der Waals surface area (Å²) < 4.78 is 6.76. The van der Waals surface area contributed by atoms with Gasteiger partial charge >= 0.3 is 0 Å². The third kappa shape index (κ3) is 4.01. The summed E-state index contributed by atoms with van der Waals surface area (Å²) in [5.41, 5.74) is 2.11. The first kappa shape index (κ1) is 17.7. The van der Waals surface area contributed by atoms with Crippen molar-refractivity contribution in [3.8, 4) is 0 Å². The maximum atomic E-state index is 6.76. The quantitative estimate of drug-likeness (QED) is 0.730. The molecule has 0 aromatic heterocycles. The summed E-state index contributed by atoms with van der Waals surface area (Å²) in [4.78, 5) is 0. The van der Waals surface area contributed by atoms with Crippen molar-refractivity contribution in [2.45, 2.75) is 46.3 Å². The molecule has 1 nitrogen and oxygen atoms in total. The summed E-state index contributed by atoms with van der Waals surface area (Å²) in [6.45, 7) is 14.8. The summed E-state index contributed by atoms with van der Waals surface area (Å²) in [7, 11) is -2.24. The van der Waals surface area contributed by atoms with Crippen LogP contribution in [0.1, 0.15) is 40.2 Å². The zero-order valence-electron chi connectivity index (χ0n) is 15.0. The van der Waals surface area contributed by atoms with E-state index in [2.05, 4.69) is 88.9 Å². The fourth-order valence-corrected chi connectivity index (χ4v) is 7.03. The van der Waals surface area contributed by atoms with Gasteiger partial charge in [0.25, 0.3) is 8.32 Å². The summed E-state index contributed by atoms with van der Waals surface area (Å²) in [6.07, 6.45) is 0. The third-order valence-electron chi connectivity index (χ3n) is 4.06. The standard InChI is InChI=1S/C21H28OSi/c1-7-23(22-21(4,5)6,19-11-9-8-10-12-19)20-15-13-18(14-16-20)17(2)3/h8-16H,2,7H2,1,3-6H3. The molecule has 0 radical (unpaired) electrons. The van der Waals surface area contributed by atoms with Gasteiger partial charge in [-0.05, 0) is 49.7 Å². The van der Waals surface area contributed by atoms with Crippen molar-refractivity contribution < 1.29 is 4.43 Å². The largest absolute Gasteiger partial charge is 0.403 e. The van der Waals surface area contributed by atoms with E-state index in [1.165, 1.54) is 15.9 Å². The van der Waals surface area contributed by atoms with Gasteiger partial charge in [-0.1, -0.05) is 73.7 Å². The van der Waals surface area contributed by atoms with Crippen LogP contribution in [-0.4, -0.2) is 13.9 Å². The molecule has 1 unspecified atom stereocenters. The maximum absolute atomic E-state index is 6.76. The van der Waals surface area contributed by atoms with Gasteiger partial charge in [-0.25, -0.2) is 0 Å². The van der Waals surface area contributed by atoms with Crippen molar-refractivity contribution >= 4 is 24.3 Å². The van der Waals surface area contributed by atoms with Crippen molar-refractivity contribution in [3.63, 3.8) is 0 Å². The van der Waals surface area contributed by atoms with E-state index in [1.54, 1.807) is 0 Å². The molecule has 0 aliphatic carbocycles. The first-order valence-electron chi connectivity index (χ1n) is 8.30. The highest BCUT2D eigenvalue weighted by Crippen LogP contribution is 2.22. The second kappa shape index (κ2) is 6.86. The highest BCUT2D eigenvalue weighted by molar-refractivity contribution is 6.97. The molecule has 1 atom stereocenters. The third-order valence-corrected chi connectivity index (χ3v) is 8.55. The van der Waals surface area contributed by atoms with Crippen molar-refractivity contribution in [2.24, 2.45) is 0 Å². The van der Waals surface area contributed by atoms with Gasteiger partial charge in [0.05, 0.1) is 0 Å². The minimum absolute atomic E-state index is 0.175. The predicted molar refractivity (Wildman–Crippen MR) is 104 cm³/mol. The lowest BCUT2D eigenvalue weighted by Crippen LogP contribution is -2.63. The van der Waals surface area contributed by atoms with E-state index in [1.807, 2.05) is 6.92 Å². The zero-order valence-corrected chi connectivity index (χ0v) is 16.0. The Balaban J connectivity index is 2.58. The van der Waals surface area contributed by atoms with Crippen molar-refractivity contribution in [2.75, 3.05) is 0 Å². The fourth-order valence-electron chi connectivity index (χ4n) is 3.02. The van der Waals surface area contributed by atoms with E-state index in [0.29, 0.717) is 0 Å². The monoisotopic (exact) mass is 324 g/mol. The first-order valence-corrected chi connectivity index (χ1v) is 10.4. The van der Waals surface area contributed by atoms with E-state index in [9.17, 15) is 0 Å². The zero-order chi connectivity index (χ0) is 17.1. The van der Waals surface area contributed by atoms with Crippen molar-refractivity contribution in [1.82, 2.24) is 0 Å². The van der Waals surface area contributed by atoms with E-state index in [-0.39, 0.29) is 5.60 Å². The van der Waals surface area contributed by atoms with Crippen molar-refractivity contribution in [1.29, 1.82) is 0 Å². The highest BCUT2D eigenvalue weighted by atomic mass is 28.4. The van der Waals surface area contributed by atoms with Crippen LogP contribution < -0.4 is 10.4 Å². The molecule has 0 N–H and O–H groups in total. The molecule has 0 amide bonds. The average Bonchev–Trinajstić information content (AvgIpc) is 2.52. The van der Waals surface area contributed by atoms with Crippen LogP contribution >= 0.6 is 0 Å². The normalized spacial score (nSPS) is 14.3. The lowest BCUT2D eigenvalue weighted by Gasteiger charge is -2.38. The Morgan fingerprint density at radius 2 is 1.48 bits per heavy atom. The molecule has 23 heavy (non-hydrogen) atoms. The molecule has 2 aromatic carbocycles. The minimum Gasteiger partial charge on any atom is -0.403 e. The summed E-state index contributed by atoms with van der Waals surface area (Å²) in [5, 5.41) is 2.66. The number of rotatable bonds is 5. The molecule has 0 heterocycles. The summed E-state index contributed by atoms with van der Waals surface area (Å²) in [5.74, 6) is 0. The lowest BCUT2D eigenvalue weighted by atomic mass is 10.1. The van der Waals surface area contributed by atoms with E-state index >= 15 is 0 Å². The van der Waals surface area contributed by atoms with Gasteiger partial charge in [0.15, 0.2) is 0 Å². The van der Waals surface area contributed by atoms with Crippen LogP contribution in [-0.2, 0) is 4.43 Å². The molecule has 0 fully saturated rings. The number of benzene rings is 2. The summed E-state index contributed by atoms with van der Waals surface area (Å²) >= 11 is 0. The SMILES string of the molecule is C=C(C)c1ccc([Si](CC)(OC(C)(C)C)c2ccccc2)cc1. The van der Waals surface area contributed by atoms with Crippen LogP contribution in [0.2, 0.25) is 6.04 Å². The van der Waals surface area contributed by atoms with Gasteiger partial charge in [-0.15, -0.1) is 0 Å². The lowest BCUT2D eigenvalue weighted by molar-refractivity contribution is 0.125. The number of hydrogen-bond acceptors (Lipinski definition) is 1. The van der Waals surface area contributed by atoms with Gasteiger partial charge in [0.2, 0.25) is 0 Å². The molecule has 0 aliphatic rings. The number of allylic oxidation sites excluding steroid dienone is 1. The average molecular weight is 325 g/mol. The van der Waals surface area contributed by atoms with Crippen LogP contribution in [0.15, 0.2) is 61.2 Å². The molecule has 0 saturated carbocycles. The van der Waals surface area contributed by atoms with Crippen LogP contribution in [0.25, 0.3) is 5.57 Å². The minimum atomic E-state index is -2.24. The summed E-state index contributed by atoms with van der Waals surface area (Å²) in [6, 6.07) is 20.6. The van der Waals surface area contributed by atoms with Crippen LogP contribution in [0.4, 0.5) is 0 Å². The maximum Gasteiger partial charge on any atom is 0.256 e. The van der Waals surface area contributed by atoms with Gasteiger partial charge in [0.1, 0.15) is 0 Å². The Bertz CT molecular complexity index is 652. The second-order valence-corrected chi connectivity index (χ2v) is 10.8. The molecule has 0 bridgehead atoms.